The van der Waals surface area contributed by atoms with Crippen LogP contribution in [0.3, 0.4) is 0 Å². The zero-order chi connectivity index (χ0) is 9.83. The molecule has 2 nitrogen and oxygen atoms in total. The van der Waals surface area contributed by atoms with E-state index in [0.717, 1.165) is 0 Å². The van der Waals surface area contributed by atoms with Gasteiger partial charge in [-0.1, -0.05) is 11.1 Å². The first-order chi connectivity index (χ1) is 5.37. The molecule has 0 aliphatic carbocycles. The monoisotopic (exact) mass is 222 g/mol. The van der Waals surface area contributed by atoms with Crippen molar-refractivity contribution in [2.75, 3.05) is 13.2 Å². The van der Waals surface area contributed by atoms with Crippen molar-refractivity contribution in [1.29, 1.82) is 0 Å². The standard InChI is InChI=1S/C5H10ClF3O2Si/c1-3-10-12(6,11-4-2)5(7,8)9/h3-4H2,1-2H3. The van der Waals surface area contributed by atoms with Gasteiger partial charge in [0, 0.05) is 13.2 Å². The highest BCUT2D eigenvalue weighted by atomic mass is 35.6. The fraction of sp³-hybridized carbons (Fsp3) is 1.00. The molecular weight excluding hydrogens is 213 g/mol. The Morgan fingerprint density at radius 3 is 1.67 bits per heavy atom. The third kappa shape index (κ3) is 2.93. The number of hydrogen-bond acceptors (Lipinski definition) is 2. The maximum absolute atomic E-state index is 12.2. The highest BCUT2D eigenvalue weighted by Crippen LogP contribution is 2.33. The van der Waals surface area contributed by atoms with Gasteiger partial charge in [0.05, 0.1) is 0 Å². The molecule has 0 amide bonds. The van der Waals surface area contributed by atoms with Gasteiger partial charge in [-0.3, -0.25) is 0 Å². The first kappa shape index (κ1) is 12.2. The molecule has 0 unspecified atom stereocenters. The maximum atomic E-state index is 12.2. The SMILES string of the molecule is CCO[Si](Cl)(OCC)C(F)(F)F. The van der Waals surface area contributed by atoms with E-state index in [1.54, 1.807) is 0 Å². The van der Waals surface area contributed by atoms with Crippen molar-refractivity contribution in [3.63, 3.8) is 0 Å². The van der Waals surface area contributed by atoms with Crippen LogP contribution in [0.2, 0.25) is 0 Å². The molecule has 0 rings (SSSR count). The summed E-state index contributed by atoms with van der Waals surface area (Å²) < 4.78 is 45.3. The molecule has 0 aromatic carbocycles. The van der Waals surface area contributed by atoms with Crippen molar-refractivity contribution < 1.29 is 22.0 Å². The van der Waals surface area contributed by atoms with Crippen LogP contribution < -0.4 is 0 Å². The largest absolute Gasteiger partial charge is 0.560 e. The Balaban J connectivity index is 4.38. The molecule has 0 saturated heterocycles. The molecule has 74 valence electrons. The van der Waals surface area contributed by atoms with Crippen molar-refractivity contribution in [1.82, 2.24) is 0 Å². The van der Waals surface area contributed by atoms with Crippen LogP contribution in [0.1, 0.15) is 13.8 Å². The Kier molecular flexibility index (Phi) is 4.53. The van der Waals surface area contributed by atoms with E-state index in [9.17, 15) is 13.2 Å². The van der Waals surface area contributed by atoms with Crippen LogP contribution in [-0.2, 0) is 8.85 Å². The molecule has 12 heavy (non-hydrogen) atoms. The Morgan fingerprint density at radius 2 is 1.50 bits per heavy atom. The van der Waals surface area contributed by atoms with Crippen LogP contribution >= 0.6 is 11.1 Å². The highest BCUT2D eigenvalue weighted by molar-refractivity contribution is 7.14. The summed E-state index contributed by atoms with van der Waals surface area (Å²) in [7, 11) is -4.48. The molecule has 0 fully saturated rings. The quantitative estimate of drug-likeness (QED) is 0.537. The molecule has 0 aliphatic heterocycles. The molecule has 0 bridgehead atoms. The van der Waals surface area contributed by atoms with Gasteiger partial charge in [-0.05, 0) is 13.8 Å². The summed E-state index contributed by atoms with van der Waals surface area (Å²) in [5, 5.41) is 0. The van der Waals surface area contributed by atoms with Gasteiger partial charge in [-0.15, -0.1) is 0 Å². The van der Waals surface area contributed by atoms with Crippen molar-refractivity contribution in [3.8, 4) is 0 Å². The van der Waals surface area contributed by atoms with Crippen LogP contribution in [0.5, 0.6) is 0 Å². The third-order valence-corrected chi connectivity index (χ3v) is 4.29. The zero-order valence-electron chi connectivity index (χ0n) is 6.74. The predicted octanol–water partition coefficient (Wildman–Crippen LogP) is 2.34. The molecule has 0 N–H and O–H groups in total. The smallest absolute Gasteiger partial charge is 0.378 e. The fourth-order valence-corrected chi connectivity index (χ4v) is 2.38. The van der Waals surface area contributed by atoms with Gasteiger partial charge in [0.1, 0.15) is 0 Å². The normalized spacial score (nSPS) is 13.5. The molecule has 0 saturated carbocycles. The minimum atomic E-state index is -4.58. The van der Waals surface area contributed by atoms with Crippen molar-refractivity contribution >= 4 is 18.9 Å². The molecule has 7 heteroatoms. The lowest BCUT2D eigenvalue weighted by molar-refractivity contribution is -0.0912. The van der Waals surface area contributed by atoms with Crippen molar-refractivity contribution in [2.24, 2.45) is 0 Å². The van der Waals surface area contributed by atoms with E-state index in [0.29, 0.717) is 0 Å². The van der Waals surface area contributed by atoms with Gasteiger partial charge >= 0.3 is 13.7 Å². The Hall–Kier alpha value is 0.217. The Labute approximate surface area is 74.6 Å². The average molecular weight is 223 g/mol. The summed E-state index contributed by atoms with van der Waals surface area (Å²) >= 11 is 5.19. The molecule has 0 aromatic rings. The van der Waals surface area contributed by atoms with Crippen LogP contribution in [0.25, 0.3) is 0 Å². The molecule has 0 aliphatic rings. The van der Waals surface area contributed by atoms with Crippen LogP contribution in [-0.4, -0.2) is 26.9 Å². The van der Waals surface area contributed by atoms with Crippen molar-refractivity contribution in [2.45, 2.75) is 19.6 Å². The summed E-state index contributed by atoms with van der Waals surface area (Å²) in [6.45, 7) is 2.67. The van der Waals surface area contributed by atoms with Gasteiger partial charge in [0.25, 0.3) is 0 Å². The lowest BCUT2D eigenvalue weighted by atomic mass is 10.9. The minimum Gasteiger partial charge on any atom is -0.378 e. The number of rotatable bonds is 4. The Morgan fingerprint density at radius 1 is 1.17 bits per heavy atom. The van der Waals surface area contributed by atoms with Crippen LogP contribution in [0, 0.1) is 0 Å². The van der Waals surface area contributed by atoms with Gasteiger partial charge in [0.2, 0.25) is 0 Å². The Bertz CT molecular complexity index is 135. The van der Waals surface area contributed by atoms with E-state index in [1.807, 2.05) is 0 Å². The second kappa shape index (κ2) is 4.45. The van der Waals surface area contributed by atoms with E-state index in [4.69, 9.17) is 11.1 Å². The van der Waals surface area contributed by atoms with Gasteiger partial charge in [-0.25, -0.2) is 0 Å². The molecular formula is C5H10ClF3O2Si. The van der Waals surface area contributed by atoms with E-state index in [2.05, 4.69) is 8.85 Å². The zero-order valence-corrected chi connectivity index (χ0v) is 8.50. The fourth-order valence-electron chi connectivity index (χ4n) is 0.577. The summed E-state index contributed by atoms with van der Waals surface area (Å²) in [5.74, 6) is -4.58. The summed E-state index contributed by atoms with van der Waals surface area (Å²) in [6, 6.07) is 0. The van der Waals surface area contributed by atoms with Gasteiger partial charge < -0.3 is 8.85 Å². The van der Waals surface area contributed by atoms with E-state index in [-0.39, 0.29) is 13.2 Å². The summed E-state index contributed by atoms with van der Waals surface area (Å²) in [4.78, 5) is 0. The van der Waals surface area contributed by atoms with E-state index < -0.39 is 13.7 Å². The predicted molar refractivity (Wildman–Crippen MR) is 40.9 cm³/mol. The second-order valence-corrected chi connectivity index (χ2v) is 5.61. The molecule has 0 heterocycles. The first-order valence-corrected chi connectivity index (χ1v) is 6.23. The highest BCUT2D eigenvalue weighted by Gasteiger charge is 2.62. The van der Waals surface area contributed by atoms with E-state index >= 15 is 0 Å². The maximum Gasteiger partial charge on any atom is 0.560 e. The second-order valence-electron chi connectivity index (χ2n) is 1.90. The third-order valence-electron chi connectivity index (χ3n) is 0.999. The van der Waals surface area contributed by atoms with Crippen LogP contribution in [0.4, 0.5) is 13.2 Å². The average Bonchev–Trinajstić information content (AvgIpc) is 1.86. The number of halogens is 4. The topological polar surface area (TPSA) is 18.5 Å². The molecule has 0 spiro atoms. The summed E-state index contributed by atoms with van der Waals surface area (Å²) in [5.41, 5.74) is 0. The van der Waals surface area contributed by atoms with E-state index in [1.165, 1.54) is 13.8 Å². The minimum absolute atomic E-state index is 0.102. The lowest BCUT2D eigenvalue weighted by Crippen LogP contribution is -2.51. The molecule has 0 radical (unpaired) electrons. The number of hydrogen-bond donors (Lipinski definition) is 0. The lowest BCUT2D eigenvalue weighted by Gasteiger charge is -2.24. The first-order valence-electron chi connectivity index (χ1n) is 3.41. The van der Waals surface area contributed by atoms with Gasteiger partial charge in [-0.2, -0.15) is 13.2 Å². The molecule has 0 atom stereocenters. The number of alkyl halides is 3. The summed E-state index contributed by atoms with van der Waals surface area (Å²) in [6.07, 6.45) is 0. The van der Waals surface area contributed by atoms with Gasteiger partial charge in [0.15, 0.2) is 0 Å². The van der Waals surface area contributed by atoms with Crippen LogP contribution in [0.15, 0.2) is 0 Å². The molecule has 0 aromatic heterocycles. The van der Waals surface area contributed by atoms with Crippen molar-refractivity contribution in [3.05, 3.63) is 0 Å².